The Labute approximate surface area is 190 Å². The van der Waals surface area contributed by atoms with Gasteiger partial charge in [0, 0.05) is 31.5 Å². The van der Waals surface area contributed by atoms with Crippen molar-refractivity contribution in [1.29, 1.82) is 0 Å². The molecule has 1 N–H and O–H groups in total. The first-order chi connectivity index (χ1) is 15.4. The van der Waals surface area contributed by atoms with E-state index in [1.807, 2.05) is 36.1 Å². The zero-order valence-corrected chi connectivity index (χ0v) is 19.2. The van der Waals surface area contributed by atoms with Crippen LogP contribution in [0.3, 0.4) is 0 Å². The molecule has 0 spiro atoms. The Hall–Kier alpha value is -2.44. The summed E-state index contributed by atoms with van der Waals surface area (Å²) in [6, 6.07) is 14.5. The summed E-state index contributed by atoms with van der Waals surface area (Å²) in [7, 11) is 2.11. The zero-order valence-electron chi connectivity index (χ0n) is 19.2. The second-order valence-corrected chi connectivity index (χ2v) is 8.93. The van der Waals surface area contributed by atoms with Gasteiger partial charge in [-0.05, 0) is 74.8 Å². The van der Waals surface area contributed by atoms with E-state index in [4.69, 9.17) is 9.84 Å². The summed E-state index contributed by atoms with van der Waals surface area (Å²) in [6.45, 7) is 4.99. The number of aliphatic hydroxyl groups excluding tert-OH is 1. The number of piperidine rings is 1. The Balaban J connectivity index is 1.59. The minimum atomic E-state index is -0.260. The van der Waals surface area contributed by atoms with Gasteiger partial charge in [-0.1, -0.05) is 31.2 Å². The molecule has 2 aromatic rings. The number of aliphatic hydroxyl groups is 1. The molecule has 32 heavy (non-hydrogen) atoms. The maximum atomic E-state index is 13.3. The molecule has 1 unspecified atom stereocenters. The topological polar surface area (TPSA) is 53.0 Å². The first-order valence-corrected chi connectivity index (χ1v) is 11.5. The van der Waals surface area contributed by atoms with Gasteiger partial charge in [0.05, 0.1) is 6.61 Å². The van der Waals surface area contributed by atoms with Crippen LogP contribution in [0.15, 0.2) is 48.5 Å². The van der Waals surface area contributed by atoms with Crippen LogP contribution >= 0.6 is 0 Å². The van der Waals surface area contributed by atoms with Crippen LogP contribution < -0.4 is 4.74 Å². The number of carbonyl (C=O) groups excluding carboxylic acids is 1. The number of benzene rings is 2. The van der Waals surface area contributed by atoms with Crippen LogP contribution in [0.1, 0.15) is 37.3 Å². The summed E-state index contributed by atoms with van der Waals surface area (Å²) >= 11 is 0. The smallest absolute Gasteiger partial charge is 0.223 e. The Kier molecular flexibility index (Phi) is 9.06. The lowest BCUT2D eigenvalue weighted by Crippen LogP contribution is -2.46. The lowest BCUT2D eigenvalue weighted by atomic mass is 10.0. The molecule has 1 saturated heterocycles. The molecule has 1 amide bonds. The Bertz CT molecular complexity index is 833. The number of likely N-dealkylation sites (tertiary alicyclic amines) is 1. The van der Waals surface area contributed by atoms with Crippen LogP contribution in [0.2, 0.25) is 0 Å². The van der Waals surface area contributed by atoms with Crippen molar-refractivity contribution < 1.29 is 19.0 Å². The second kappa shape index (κ2) is 12.0. The van der Waals surface area contributed by atoms with Crippen LogP contribution in [0.4, 0.5) is 4.39 Å². The molecular formula is C26H35FN2O3. The minimum absolute atomic E-state index is 0.0963. The van der Waals surface area contributed by atoms with Gasteiger partial charge in [0.15, 0.2) is 0 Å². The molecular weight excluding hydrogens is 407 g/mol. The van der Waals surface area contributed by atoms with E-state index in [9.17, 15) is 9.18 Å². The number of amides is 1. The van der Waals surface area contributed by atoms with Crippen LogP contribution in [0, 0.1) is 11.7 Å². The molecule has 0 radical (unpaired) electrons. The number of rotatable bonds is 10. The molecule has 1 atom stereocenters. The van der Waals surface area contributed by atoms with Crippen molar-refractivity contribution in [1.82, 2.24) is 9.80 Å². The van der Waals surface area contributed by atoms with E-state index in [0.29, 0.717) is 26.0 Å². The zero-order chi connectivity index (χ0) is 22.9. The standard InChI is InChI=1S/C26H35FN2O3/c1-20(18-30)19-32-25-10-5-21(6-11-25)7-12-26(31)29(24-13-15-28(2)16-14-24)17-22-3-8-23(27)9-4-22/h3-6,8-11,20,24,30H,7,12-19H2,1-2H3. The quantitative estimate of drug-likeness (QED) is 0.607. The molecule has 0 saturated carbocycles. The Morgan fingerprint density at radius 1 is 1.12 bits per heavy atom. The second-order valence-electron chi connectivity index (χ2n) is 8.93. The number of hydrogen-bond acceptors (Lipinski definition) is 4. The van der Waals surface area contributed by atoms with Gasteiger partial charge in [0.1, 0.15) is 11.6 Å². The fraction of sp³-hybridized carbons (Fsp3) is 0.500. The van der Waals surface area contributed by atoms with Gasteiger partial charge < -0.3 is 19.6 Å². The Morgan fingerprint density at radius 2 is 1.75 bits per heavy atom. The molecule has 1 aliphatic heterocycles. The average Bonchev–Trinajstić information content (AvgIpc) is 2.82. The van der Waals surface area contributed by atoms with Gasteiger partial charge in [-0.2, -0.15) is 0 Å². The molecule has 0 bridgehead atoms. The molecule has 1 aliphatic rings. The minimum Gasteiger partial charge on any atom is -0.493 e. The Morgan fingerprint density at radius 3 is 2.38 bits per heavy atom. The van der Waals surface area contributed by atoms with Crippen molar-refractivity contribution in [2.75, 3.05) is 33.4 Å². The SMILES string of the molecule is CC(CO)COc1ccc(CCC(=O)N(Cc2ccc(F)cc2)C2CCN(C)CC2)cc1. The van der Waals surface area contributed by atoms with E-state index < -0.39 is 0 Å². The first-order valence-electron chi connectivity index (χ1n) is 11.5. The average molecular weight is 443 g/mol. The highest BCUT2D eigenvalue weighted by atomic mass is 19.1. The maximum Gasteiger partial charge on any atom is 0.223 e. The van der Waals surface area contributed by atoms with Gasteiger partial charge in [0.25, 0.3) is 0 Å². The number of aryl methyl sites for hydroxylation is 1. The number of hydrogen-bond donors (Lipinski definition) is 1. The molecule has 0 aromatic heterocycles. The third kappa shape index (κ3) is 7.31. The van der Waals surface area contributed by atoms with Crippen LogP contribution in [0.5, 0.6) is 5.75 Å². The van der Waals surface area contributed by atoms with Crippen LogP contribution in [-0.4, -0.2) is 60.2 Å². The molecule has 1 fully saturated rings. The van der Waals surface area contributed by atoms with Crippen LogP contribution in [0.25, 0.3) is 0 Å². The first kappa shape index (κ1) is 24.2. The van der Waals surface area contributed by atoms with Gasteiger partial charge in [0.2, 0.25) is 5.91 Å². The molecule has 174 valence electrons. The molecule has 5 nitrogen and oxygen atoms in total. The largest absolute Gasteiger partial charge is 0.493 e. The predicted molar refractivity (Wildman–Crippen MR) is 124 cm³/mol. The summed E-state index contributed by atoms with van der Waals surface area (Å²) in [4.78, 5) is 17.5. The summed E-state index contributed by atoms with van der Waals surface area (Å²) in [5, 5.41) is 9.10. The monoisotopic (exact) mass is 442 g/mol. The van der Waals surface area contributed by atoms with E-state index in [0.717, 1.165) is 42.8 Å². The van der Waals surface area contributed by atoms with Gasteiger partial charge in [-0.15, -0.1) is 0 Å². The van der Waals surface area contributed by atoms with Crippen molar-refractivity contribution in [3.63, 3.8) is 0 Å². The van der Waals surface area contributed by atoms with Crippen molar-refractivity contribution in [2.45, 2.75) is 45.2 Å². The van der Waals surface area contributed by atoms with E-state index in [1.54, 1.807) is 12.1 Å². The lowest BCUT2D eigenvalue weighted by Gasteiger charge is -2.37. The van der Waals surface area contributed by atoms with Gasteiger partial charge >= 0.3 is 0 Å². The summed E-state index contributed by atoms with van der Waals surface area (Å²) in [6.07, 6.45) is 3.03. The fourth-order valence-corrected chi connectivity index (χ4v) is 3.95. The van der Waals surface area contributed by atoms with E-state index in [1.165, 1.54) is 12.1 Å². The lowest BCUT2D eigenvalue weighted by molar-refractivity contribution is -0.135. The normalized spacial score (nSPS) is 16.0. The highest BCUT2D eigenvalue weighted by molar-refractivity contribution is 5.77. The third-order valence-electron chi connectivity index (χ3n) is 6.11. The summed E-state index contributed by atoms with van der Waals surface area (Å²) < 4.78 is 19.0. The third-order valence-corrected chi connectivity index (χ3v) is 6.11. The van der Waals surface area contributed by atoms with E-state index in [-0.39, 0.29) is 30.3 Å². The maximum absolute atomic E-state index is 13.3. The highest BCUT2D eigenvalue weighted by Crippen LogP contribution is 2.21. The number of ether oxygens (including phenoxy) is 1. The molecule has 1 heterocycles. The predicted octanol–water partition coefficient (Wildman–Crippen LogP) is 3.89. The van der Waals surface area contributed by atoms with Crippen molar-refractivity contribution in [3.05, 3.63) is 65.5 Å². The van der Waals surface area contributed by atoms with Crippen molar-refractivity contribution in [3.8, 4) is 5.75 Å². The van der Waals surface area contributed by atoms with E-state index >= 15 is 0 Å². The fourth-order valence-electron chi connectivity index (χ4n) is 3.95. The van der Waals surface area contributed by atoms with Gasteiger partial charge in [-0.3, -0.25) is 4.79 Å². The molecule has 0 aliphatic carbocycles. The van der Waals surface area contributed by atoms with Crippen LogP contribution in [-0.2, 0) is 17.8 Å². The van der Waals surface area contributed by atoms with E-state index in [2.05, 4.69) is 11.9 Å². The molecule has 6 heteroatoms. The number of nitrogens with zero attached hydrogens (tertiary/aromatic N) is 2. The van der Waals surface area contributed by atoms with Crippen molar-refractivity contribution in [2.24, 2.45) is 5.92 Å². The van der Waals surface area contributed by atoms with Gasteiger partial charge in [-0.25, -0.2) is 4.39 Å². The summed E-state index contributed by atoms with van der Waals surface area (Å²) in [5.74, 6) is 0.744. The highest BCUT2D eigenvalue weighted by Gasteiger charge is 2.26. The molecule has 2 aromatic carbocycles. The molecule has 3 rings (SSSR count). The number of carbonyl (C=O) groups is 1. The number of halogens is 1. The van der Waals surface area contributed by atoms with Crippen molar-refractivity contribution >= 4 is 5.91 Å². The summed E-state index contributed by atoms with van der Waals surface area (Å²) in [5.41, 5.74) is 2.04.